The van der Waals surface area contributed by atoms with E-state index in [0.717, 1.165) is 38.6 Å². The largest absolute Gasteiger partial charge is 0.370 e. The second-order valence-electron chi connectivity index (χ2n) is 5.68. The van der Waals surface area contributed by atoms with Crippen LogP contribution >= 0.6 is 11.6 Å². The van der Waals surface area contributed by atoms with Gasteiger partial charge < -0.3 is 10.6 Å². The van der Waals surface area contributed by atoms with Crippen LogP contribution in [0.1, 0.15) is 56.4 Å². The zero-order valence-corrected chi connectivity index (χ0v) is 12.9. The first-order valence-corrected chi connectivity index (χ1v) is 7.65. The predicted octanol–water partition coefficient (Wildman–Crippen LogP) is 3.62. The van der Waals surface area contributed by atoms with Crippen molar-refractivity contribution in [1.82, 2.24) is 10.3 Å². The third-order valence-corrected chi connectivity index (χ3v) is 4.04. The summed E-state index contributed by atoms with van der Waals surface area (Å²) in [7, 11) is 0. The van der Waals surface area contributed by atoms with E-state index in [1.165, 1.54) is 0 Å². The van der Waals surface area contributed by atoms with Gasteiger partial charge in [-0.3, -0.25) is 4.79 Å². The number of rotatable bonds is 5. The van der Waals surface area contributed by atoms with Crippen LogP contribution in [0.4, 0.5) is 5.82 Å². The Morgan fingerprint density at radius 1 is 1.40 bits per heavy atom. The van der Waals surface area contributed by atoms with Gasteiger partial charge in [0, 0.05) is 12.1 Å². The minimum atomic E-state index is -0.181. The van der Waals surface area contributed by atoms with E-state index in [0.29, 0.717) is 16.5 Å². The standard InChI is InChI=1S/C15H22ClN3O/c1-3-10-17-12-7-6-11(16)13(18-12)14(20)19-15(2)8-4-5-9-15/h6-7H,3-5,8-10H2,1-2H3,(H,17,18)(H,19,20). The molecule has 4 nitrogen and oxygen atoms in total. The highest BCUT2D eigenvalue weighted by molar-refractivity contribution is 6.33. The maximum absolute atomic E-state index is 12.4. The van der Waals surface area contributed by atoms with Crippen molar-refractivity contribution < 1.29 is 4.79 Å². The summed E-state index contributed by atoms with van der Waals surface area (Å²) in [5, 5.41) is 6.65. The van der Waals surface area contributed by atoms with Gasteiger partial charge in [0.05, 0.1) is 5.02 Å². The molecule has 110 valence electrons. The van der Waals surface area contributed by atoms with Crippen LogP contribution in [0.15, 0.2) is 12.1 Å². The Morgan fingerprint density at radius 2 is 2.10 bits per heavy atom. The van der Waals surface area contributed by atoms with Crippen LogP contribution in [-0.4, -0.2) is 23.0 Å². The van der Waals surface area contributed by atoms with E-state index < -0.39 is 0 Å². The number of halogens is 1. The van der Waals surface area contributed by atoms with Gasteiger partial charge in [-0.15, -0.1) is 0 Å². The number of anilines is 1. The Bertz CT molecular complexity index is 484. The van der Waals surface area contributed by atoms with Gasteiger partial charge in [0.2, 0.25) is 0 Å². The molecule has 0 unspecified atom stereocenters. The average Bonchev–Trinajstić information content (AvgIpc) is 2.84. The molecule has 2 N–H and O–H groups in total. The summed E-state index contributed by atoms with van der Waals surface area (Å²) in [5.74, 6) is 0.512. The fourth-order valence-corrected chi connectivity index (χ4v) is 2.76. The predicted molar refractivity (Wildman–Crippen MR) is 82.4 cm³/mol. The molecule has 0 atom stereocenters. The smallest absolute Gasteiger partial charge is 0.271 e. The molecule has 1 saturated carbocycles. The van der Waals surface area contributed by atoms with Crippen LogP contribution in [0.25, 0.3) is 0 Å². The summed E-state index contributed by atoms with van der Waals surface area (Å²) in [6, 6.07) is 3.52. The number of amides is 1. The van der Waals surface area contributed by atoms with Gasteiger partial charge in [-0.2, -0.15) is 0 Å². The number of pyridine rings is 1. The number of hydrogen-bond donors (Lipinski definition) is 2. The van der Waals surface area contributed by atoms with Gasteiger partial charge in [-0.1, -0.05) is 31.4 Å². The highest BCUT2D eigenvalue weighted by Gasteiger charge is 2.31. The topological polar surface area (TPSA) is 54.0 Å². The summed E-state index contributed by atoms with van der Waals surface area (Å²) in [6.07, 6.45) is 5.37. The highest BCUT2D eigenvalue weighted by Crippen LogP contribution is 2.29. The van der Waals surface area contributed by atoms with E-state index in [2.05, 4.69) is 29.5 Å². The molecule has 1 aromatic rings. The minimum Gasteiger partial charge on any atom is -0.370 e. The molecular weight excluding hydrogens is 274 g/mol. The average molecular weight is 296 g/mol. The maximum Gasteiger partial charge on any atom is 0.271 e. The van der Waals surface area contributed by atoms with Crippen molar-refractivity contribution in [2.45, 2.75) is 51.5 Å². The molecule has 0 radical (unpaired) electrons. The Morgan fingerprint density at radius 3 is 2.75 bits per heavy atom. The lowest BCUT2D eigenvalue weighted by atomic mass is 10.0. The van der Waals surface area contributed by atoms with Gasteiger partial charge in [0.25, 0.3) is 5.91 Å². The summed E-state index contributed by atoms with van der Waals surface area (Å²) < 4.78 is 0. The summed E-state index contributed by atoms with van der Waals surface area (Å²) in [5.41, 5.74) is 0.190. The van der Waals surface area contributed by atoms with Gasteiger partial charge in [-0.25, -0.2) is 4.98 Å². The van der Waals surface area contributed by atoms with Crippen molar-refractivity contribution >= 4 is 23.3 Å². The van der Waals surface area contributed by atoms with E-state index in [1.807, 2.05) is 0 Å². The number of hydrogen-bond acceptors (Lipinski definition) is 3. The molecule has 1 fully saturated rings. The van der Waals surface area contributed by atoms with Crippen molar-refractivity contribution in [3.63, 3.8) is 0 Å². The van der Waals surface area contributed by atoms with E-state index in [-0.39, 0.29) is 11.4 Å². The molecule has 0 aromatic carbocycles. The van der Waals surface area contributed by atoms with Crippen molar-refractivity contribution in [2.24, 2.45) is 0 Å². The van der Waals surface area contributed by atoms with Crippen LogP contribution in [-0.2, 0) is 0 Å². The van der Waals surface area contributed by atoms with Gasteiger partial charge >= 0.3 is 0 Å². The molecule has 1 aliphatic carbocycles. The Kier molecular flexibility index (Phi) is 4.86. The molecule has 1 amide bonds. The third-order valence-electron chi connectivity index (χ3n) is 3.74. The molecule has 1 heterocycles. The van der Waals surface area contributed by atoms with Gasteiger partial charge in [-0.05, 0) is 38.3 Å². The molecule has 0 saturated heterocycles. The normalized spacial score (nSPS) is 16.9. The number of nitrogens with one attached hydrogen (secondary N) is 2. The summed E-state index contributed by atoms with van der Waals surface area (Å²) >= 11 is 6.10. The maximum atomic E-state index is 12.4. The Hall–Kier alpha value is -1.29. The minimum absolute atomic E-state index is 0.116. The molecule has 5 heteroatoms. The quantitative estimate of drug-likeness (QED) is 0.872. The van der Waals surface area contributed by atoms with E-state index in [9.17, 15) is 4.79 Å². The van der Waals surface area contributed by atoms with Crippen molar-refractivity contribution in [3.8, 4) is 0 Å². The summed E-state index contributed by atoms with van der Waals surface area (Å²) in [6.45, 7) is 5.00. The number of nitrogens with zero attached hydrogens (tertiary/aromatic N) is 1. The van der Waals surface area contributed by atoms with E-state index in [1.54, 1.807) is 12.1 Å². The molecule has 2 rings (SSSR count). The Balaban J connectivity index is 2.11. The number of carbonyl (C=O) groups excluding carboxylic acids is 1. The fraction of sp³-hybridized carbons (Fsp3) is 0.600. The molecule has 0 aliphatic heterocycles. The van der Waals surface area contributed by atoms with E-state index >= 15 is 0 Å². The molecule has 1 aromatic heterocycles. The number of carbonyl (C=O) groups is 1. The van der Waals surface area contributed by atoms with Crippen molar-refractivity contribution in [3.05, 3.63) is 22.8 Å². The zero-order valence-electron chi connectivity index (χ0n) is 12.1. The second-order valence-corrected chi connectivity index (χ2v) is 6.08. The molecular formula is C15H22ClN3O. The van der Waals surface area contributed by atoms with Crippen LogP contribution in [0, 0.1) is 0 Å². The lowest BCUT2D eigenvalue weighted by molar-refractivity contribution is 0.0903. The van der Waals surface area contributed by atoms with Gasteiger partial charge in [0.15, 0.2) is 0 Å². The molecule has 0 spiro atoms. The zero-order chi connectivity index (χ0) is 14.6. The second kappa shape index (κ2) is 6.44. The van der Waals surface area contributed by atoms with Gasteiger partial charge in [0.1, 0.15) is 11.5 Å². The molecule has 0 bridgehead atoms. The van der Waals surface area contributed by atoms with Crippen LogP contribution in [0.2, 0.25) is 5.02 Å². The van der Waals surface area contributed by atoms with Crippen molar-refractivity contribution in [2.75, 3.05) is 11.9 Å². The van der Waals surface area contributed by atoms with E-state index in [4.69, 9.17) is 11.6 Å². The van der Waals surface area contributed by atoms with Crippen LogP contribution < -0.4 is 10.6 Å². The first-order chi connectivity index (χ1) is 9.54. The highest BCUT2D eigenvalue weighted by atomic mass is 35.5. The van der Waals surface area contributed by atoms with Crippen molar-refractivity contribution in [1.29, 1.82) is 0 Å². The molecule has 20 heavy (non-hydrogen) atoms. The first-order valence-electron chi connectivity index (χ1n) is 7.27. The lowest BCUT2D eigenvalue weighted by Gasteiger charge is -2.25. The van der Waals surface area contributed by atoms with Crippen LogP contribution in [0.3, 0.4) is 0 Å². The Labute approximate surface area is 125 Å². The fourth-order valence-electron chi connectivity index (χ4n) is 2.57. The molecule has 1 aliphatic rings. The monoisotopic (exact) mass is 295 g/mol. The first kappa shape index (κ1) is 15.1. The lowest BCUT2D eigenvalue weighted by Crippen LogP contribution is -2.44. The third kappa shape index (κ3) is 3.63. The summed E-state index contributed by atoms with van der Waals surface area (Å²) in [4.78, 5) is 16.7. The SMILES string of the molecule is CCCNc1ccc(Cl)c(C(=O)NC2(C)CCCC2)n1. The number of aromatic nitrogens is 1. The van der Waals surface area contributed by atoms with Crippen LogP contribution in [0.5, 0.6) is 0 Å².